The van der Waals surface area contributed by atoms with Gasteiger partial charge in [-0.25, -0.2) is 0 Å². The van der Waals surface area contributed by atoms with Crippen LogP contribution in [0.5, 0.6) is 0 Å². The van der Waals surface area contributed by atoms with E-state index >= 15 is 0 Å². The molecule has 0 aromatic heterocycles. The zero-order chi connectivity index (χ0) is 7.28. The summed E-state index contributed by atoms with van der Waals surface area (Å²) in [7, 11) is 1.62. The Balaban J connectivity index is 3.60. The monoisotopic (exact) mass is 145 g/mol. The SMILES string of the molecule is CCC(=N)SC(N)=NC. The molecule has 0 amide bonds. The van der Waals surface area contributed by atoms with Crippen molar-refractivity contribution in [2.45, 2.75) is 13.3 Å². The van der Waals surface area contributed by atoms with Gasteiger partial charge in [0.1, 0.15) is 0 Å². The molecule has 0 rings (SSSR count). The molecule has 0 saturated carbocycles. The van der Waals surface area contributed by atoms with Crippen LogP contribution >= 0.6 is 11.8 Å². The predicted molar refractivity (Wildman–Crippen MR) is 43.2 cm³/mol. The van der Waals surface area contributed by atoms with E-state index in [1.165, 1.54) is 11.8 Å². The van der Waals surface area contributed by atoms with Gasteiger partial charge in [0, 0.05) is 7.05 Å². The quantitative estimate of drug-likeness (QED) is 0.428. The first-order chi connectivity index (χ1) is 4.20. The molecule has 0 radical (unpaired) electrons. The molecule has 0 fully saturated rings. The Labute approximate surface area is 59.2 Å². The summed E-state index contributed by atoms with van der Waals surface area (Å²) in [5, 5.41) is 8.19. The van der Waals surface area contributed by atoms with Gasteiger partial charge in [-0.1, -0.05) is 6.92 Å². The molecular formula is C5H11N3S. The van der Waals surface area contributed by atoms with Crippen LogP contribution in [0.4, 0.5) is 0 Å². The van der Waals surface area contributed by atoms with E-state index < -0.39 is 0 Å². The zero-order valence-corrected chi connectivity index (χ0v) is 6.46. The molecule has 4 heteroatoms. The van der Waals surface area contributed by atoms with Crippen LogP contribution in [0, 0.1) is 5.41 Å². The predicted octanol–water partition coefficient (Wildman–Crippen LogP) is 1.05. The normalized spacial score (nSPS) is 11.6. The van der Waals surface area contributed by atoms with Crippen molar-refractivity contribution in [3.63, 3.8) is 0 Å². The van der Waals surface area contributed by atoms with Gasteiger partial charge < -0.3 is 5.73 Å². The van der Waals surface area contributed by atoms with E-state index in [1.54, 1.807) is 7.05 Å². The fourth-order valence-electron chi connectivity index (χ4n) is 0.244. The van der Waals surface area contributed by atoms with Crippen LogP contribution in [0.1, 0.15) is 13.3 Å². The molecule has 0 aliphatic heterocycles. The number of thioether (sulfide) groups is 1. The van der Waals surface area contributed by atoms with Crippen molar-refractivity contribution in [1.29, 1.82) is 5.41 Å². The molecule has 0 spiro atoms. The first kappa shape index (κ1) is 8.49. The van der Waals surface area contributed by atoms with E-state index in [1.807, 2.05) is 6.92 Å². The number of nitrogens with one attached hydrogen (secondary N) is 1. The standard InChI is InChI=1S/C5H11N3S/c1-3-4(6)9-5(7)8-2/h6H,3H2,1-2H3,(H2,7,8). The zero-order valence-electron chi connectivity index (χ0n) is 5.64. The Kier molecular flexibility index (Phi) is 4.13. The molecule has 3 nitrogen and oxygen atoms in total. The van der Waals surface area contributed by atoms with Gasteiger partial charge in [0.2, 0.25) is 0 Å². The Hall–Kier alpha value is -0.510. The Morgan fingerprint density at radius 1 is 1.78 bits per heavy atom. The minimum atomic E-state index is 0.460. The average molecular weight is 145 g/mol. The van der Waals surface area contributed by atoms with Gasteiger partial charge in [-0.3, -0.25) is 10.4 Å². The Morgan fingerprint density at radius 2 is 2.33 bits per heavy atom. The van der Waals surface area contributed by atoms with Crippen LogP contribution in [0.3, 0.4) is 0 Å². The molecule has 0 heterocycles. The summed E-state index contributed by atoms with van der Waals surface area (Å²) in [6.07, 6.45) is 0.723. The van der Waals surface area contributed by atoms with Crippen LogP contribution in [-0.4, -0.2) is 17.3 Å². The maximum atomic E-state index is 7.17. The third-order valence-corrected chi connectivity index (χ3v) is 1.70. The number of hydrogen-bond acceptors (Lipinski definition) is 3. The fraction of sp³-hybridized carbons (Fsp3) is 0.600. The minimum Gasteiger partial charge on any atom is -0.378 e. The van der Waals surface area contributed by atoms with Gasteiger partial charge in [-0.15, -0.1) is 0 Å². The summed E-state index contributed by atoms with van der Waals surface area (Å²) < 4.78 is 0. The smallest absolute Gasteiger partial charge is 0.159 e. The van der Waals surface area contributed by atoms with Crippen molar-refractivity contribution in [2.24, 2.45) is 10.7 Å². The summed E-state index contributed by atoms with van der Waals surface area (Å²) in [5.41, 5.74) is 5.32. The first-order valence-electron chi connectivity index (χ1n) is 2.68. The van der Waals surface area contributed by atoms with Gasteiger partial charge in [0.25, 0.3) is 0 Å². The highest BCUT2D eigenvalue weighted by atomic mass is 32.2. The Bertz CT molecular complexity index is 130. The van der Waals surface area contributed by atoms with E-state index in [-0.39, 0.29) is 0 Å². The van der Waals surface area contributed by atoms with Crippen LogP contribution in [0.2, 0.25) is 0 Å². The molecule has 0 unspecified atom stereocenters. The first-order valence-corrected chi connectivity index (χ1v) is 3.49. The van der Waals surface area contributed by atoms with Crippen molar-refractivity contribution < 1.29 is 0 Å². The summed E-state index contributed by atoms with van der Waals surface area (Å²) in [5.74, 6) is 0. The topological polar surface area (TPSA) is 62.2 Å². The van der Waals surface area contributed by atoms with E-state index in [0.29, 0.717) is 10.2 Å². The van der Waals surface area contributed by atoms with E-state index in [9.17, 15) is 0 Å². The number of amidine groups is 1. The number of rotatable bonds is 1. The van der Waals surface area contributed by atoms with Crippen molar-refractivity contribution >= 4 is 22.0 Å². The van der Waals surface area contributed by atoms with Crippen LogP contribution in [0.15, 0.2) is 4.99 Å². The highest BCUT2D eigenvalue weighted by molar-refractivity contribution is 8.26. The lowest BCUT2D eigenvalue weighted by atomic mass is 10.5. The number of aliphatic imine (C=N–C) groups is 1. The number of nitrogens with zero attached hydrogens (tertiary/aromatic N) is 1. The molecule has 3 N–H and O–H groups in total. The molecule has 52 valence electrons. The lowest BCUT2D eigenvalue weighted by molar-refractivity contribution is 1.28. The van der Waals surface area contributed by atoms with Crippen molar-refractivity contribution in [3.8, 4) is 0 Å². The minimum absolute atomic E-state index is 0.460. The van der Waals surface area contributed by atoms with Gasteiger partial charge in [-0.05, 0) is 18.2 Å². The lowest BCUT2D eigenvalue weighted by Gasteiger charge is -1.96. The summed E-state index contributed by atoms with van der Waals surface area (Å²) >= 11 is 1.21. The highest BCUT2D eigenvalue weighted by Gasteiger charge is 1.95. The molecule has 0 aromatic rings. The van der Waals surface area contributed by atoms with E-state index in [2.05, 4.69) is 4.99 Å². The van der Waals surface area contributed by atoms with Crippen LogP contribution in [-0.2, 0) is 0 Å². The van der Waals surface area contributed by atoms with Crippen molar-refractivity contribution in [1.82, 2.24) is 0 Å². The van der Waals surface area contributed by atoms with E-state index in [4.69, 9.17) is 11.1 Å². The molecule has 0 aromatic carbocycles. The summed E-state index contributed by atoms with van der Waals surface area (Å²) in [6, 6.07) is 0. The third-order valence-electron chi connectivity index (χ3n) is 0.769. The molecule has 0 aliphatic carbocycles. The van der Waals surface area contributed by atoms with Gasteiger partial charge in [0.05, 0.1) is 5.04 Å². The molecule has 9 heavy (non-hydrogen) atoms. The second-order valence-corrected chi connectivity index (χ2v) is 2.56. The van der Waals surface area contributed by atoms with Crippen molar-refractivity contribution in [2.75, 3.05) is 7.05 Å². The number of hydrogen-bond donors (Lipinski definition) is 2. The maximum absolute atomic E-state index is 7.17. The molecule has 0 bridgehead atoms. The van der Waals surface area contributed by atoms with E-state index in [0.717, 1.165) is 6.42 Å². The molecule has 0 aliphatic rings. The van der Waals surface area contributed by atoms with Crippen molar-refractivity contribution in [3.05, 3.63) is 0 Å². The van der Waals surface area contributed by atoms with Crippen LogP contribution in [0.25, 0.3) is 0 Å². The highest BCUT2D eigenvalue weighted by Crippen LogP contribution is 2.03. The second-order valence-electron chi connectivity index (χ2n) is 1.44. The van der Waals surface area contributed by atoms with Gasteiger partial charge >= 0.3 is 0 Å². The average Bonchev–Trinajstić information content (AvgIpc) is 1.87. The fourth-order valence-corrected chi connectivity index (χ4v) is 0.732. The third kappa shape index (κ3) is 4.02. The maximum Gasteiger partial charge on any atom is 0.159 e. The second kappa shape index (κ2) is 4.38. The largest absolute Gasteiger partial charge is 0.378 e. The van der Waals surface area contributed by atoms with Gasteiger partial charge in [0.15, 0.2) is 5.17 Å². The van der Waals surface area contributed by atoms with Gasteiger partial charge in [-0.2, -0.15) is 0 Å². The van der Waals surface area contributed by atoms with Crippen LogP contribution < -0.4 is 5.73 Å². The number of nitrogens with two attached hydrogens (primary N) is 1. The molecule has 0 saturated heterocycles. The molecule has 0 atom stereocenters. The molecular weight excluding hydrogens is 134 g/mol. The summed E-state index contributed by atoms with van der Waals surface area (Å²) in [4.78, 5) is 3.69. The summed E-state index contributed by atoms with van der Waals surface area (Å²) in [6.45, 7) is 1.91. The Morgan fingerprint density at radius 3 is 2.67 bits per heavy atom. The lowest BCUT2D eigenvalue weighted by Crippen LogP contribution is -2.08.